The number of hydrogen-bond acceptors (Lipinski definition) is 3. The van der Waals surface area contributed by atoms with E-state index in [1.54, 1.807) is 32.9 Å². The first-order valence-corrected chi connectivity index (χ1v) is 7.31. The molecule has 5 nitrogen and oxygen atoms in total. The molecule has 2 aliphatic rings. The zero-order chi connectivity index (χ0) is 16.1. The minimum atomic E-state index is -0.867. The number of amides is 2. The van der Waals surface area contributed by atoms with Crippen LogP contribution in [0.15, 0.2) is 18.2 Å². The van der Waals surface area contributed by atoms with Crippen molar-refractivity contribution in [2.24, 2.45) is 0 Å². The van der Waals surface area contributed by atoms with Gasteiger partial charge in [0.05, 0.1) is 11.1 Å². The third-order valence-corrected chi connectivity index (χ3v) is 4.12. The summed E-state index contributed by atoms with van der Waals surface area (Å²) in [6, 6.07) is 4.65. The van der Waals surface area contributed by atoms with Gasteiger partial charge in [-0.1, -0.05) is 12.1 Å². The van der Waals surface area contributed by atoms with Crippen LogP contribution in [0.4, 0.5) is 14.9 Å². The molecule has 0 aromatic heterocycles. The summed E-state index contributed by atoms with van der Waals surface area (Å²) in [7, 11) is 0. The lowest BCUT2D eigenvalue weighted by Crippen LogP contribution is -2.41. The van der Waals surface area contributed by atoms with Crippen LogP contribution < -0.4 is 5.32 Å². The lowest BCUT2D eigenvalue weighted by molar-refractivity contribution is -0.120. The Hall–Kier alpha value is -2.11. The number of hydrogen-bond donors (Lipinski definition) is 1. The third-order valence-electron chi connectivity index (χ3n) is 4.12. The molecule has 118 valence electrons. The number of likely N-dealkylation sites (tertiary alicyclic amines) is 1. The highest BCUT2D eigenvalue weighted by Gasteiger charge is 2.53. The Labute approximate surface area is 128 Å². The number of ether oxygens (including phenoxy) is 1. The molecule has 1 spiro atoms. The molecular weight excluding hydrogens is 287 g/mol. The van der Waals surface area contributed by atoms with Crippen molar-refractivity contribution in [1.29, 1.82) is 0 Å². The summed E-state index contributed by atoms with van der Waals surface area (Å²) in [6.45, 7) is 6.01. The lowest BCUT2D eigenvalue weighted by Gasteiger charge is -2.26. The molecule has 22 heavy (non-hydrogen) atoms. The molecule has 0 aliphatic carbocycles. The summed E-state index contributed by atoms with van der Waals surface area (Å²) in [5.74, 6) is -0.697. The van der Waals surface area contributed by atoms with Crippen LogP contribution in [0.3, 0.4) is 0 Å². The second-order valence-corrected chi connectivity index (χ2v) is 6.85. The fourth-order valence-electron chi connectivity index (χ4n) is 3.10. The van der Waals surface area contributed by atoms with E-state index in [-0.39, 0.29) is 18.1 Å². The van der Waals surface area contributed by atoms with Crippen molar-refractivity contribution in [2.75, 3.05) is 18.4 Å². The molecule has 0 bridgehead atoms. The number of nitrogens with one attached hydrogen (secondary N) is 1. The van der Waals surface area contributed by atoms with Gasteiger partial charge in [-0.15, -0.1) is 0 Å². The number of fused-ring (bicyclic) bond motifs is 2. The molecular formula is C16H19FN2O3. The van der Waals surface area contributed by atoms with Gasteiger partial charge in [0.15, 0.2) is 0 Å². The SMILES string of the molecule is CC(C)(C)OC(=O)N1CCC2(C1)C(=O)Nc1c(F)cccc12. The summed E-state index contributed by atoms with van der Waals surface area (Å²) < 4.78 is 19.2. The van der Waals surface area contributed by atoms with Crippen LogP contribution in [-0.4, -0.2) is 35.6 Å². The van der Waals surface area contributed by atoms with E-state index in [1.165, 1.54) is 11.0 Å². The Kier molecular flexibility index (Phi) is 3.16. The zero-order valence-corrected chi connectivity index (χ0v) is 12.9. The molecule has 1 N–H and O–H groups in total. The molecule has 0 saturated carbocycles. The maximum Gasteiger partial charge on any atom is 0.410 e. The van der Waals surface area contributed by atoms with Gasteiger partial charge in [0, 0.05) is 13.1 Å². The number of nitrogens with zero attached hydrogens (tertiary/aromatic N) is 1. The Morgan fingerprint density at radius 2 is 2.14 bits per heavy atom. The standard InChI is InChI=1S/C16H19FN2O3/c1-15(2,3)22-14(21)19-8-7-16(9-19)10-5-4-6-11(17)12(10)18-13(16)20/h4-6H,7-9H2,1-3H3,(H,18,20). The van der Waals surface area contributed by atoms with E-state index >= 15 is 0 Å². The highest BCUT2D eigenvalue weighted by molar-refractivity contribution is 6.07. The fraction of sp³-hybridized carbons (Fsp3) is 0.500. The Morgan fingerprint density at radius 3 is 2.82 bits per heavy atom. The van der Waals surface area contributed by atoms with Crippen LogP contribution in [0.25, 0.3) is 0 Å². The van der Waals surface area contributed by atoms with E-state index in [1.807, 2.05) is 0 Å². The van der Waals surface area contributed by atoms with Crippen LogP contribution in [0.5, 0.6) is 0 Å². The van der Waals surface area contributed by atoms with Gasteiger partial charge in [0.2, 0.25) is 5.91 Å². The molecule has 3 rings (SSSR count). The van der Waals surface area contributed by atoms with Crippen LogP contribution in [0, 0.1) is 5.82 Å². The van der Waals surface area contributed by atoms with E-state index < -0.39 is 22.9 Å². The average Bonchev–Trinajstić information content (AvgIpc) is 2.95. The lowest BCUT2D eigenvalue weighted by atomic mass is 9.81. The maximum absolute atomic E-state index is 13.9. The molecule has 2 heterocycles. The largest absolute Gasteiger partial charge is 0.444 e. The molecule has 1 aromatic carbocycles. The maximum atomic E-state index is 13.9. The van der Waals surface area contributed by atoms with E-state index in [9.17, 15) is 14.0 Å². The van der Waals surface area contributed by atoms with Crippen molar-refractivity contribution < 1.29 is 18.7 Å². The summed E-state index contributed by atoms with van der Waals surface area (Å²) in [4.78, 5) is 26.1. The van der Waals surface area contributed by atoms with Gasteiger partial charge in [-0.3, -0.25) is 4.79 Å². The molecule has 2 aliphatic heterocycles. The molecule has 2 amide bonds. The van der Waals surface area contributed by atoms with Gasteiger partial charge in [-0.2, -0.15) is 0 Å². The van der Waals surface area contributed by atoms with Crippen molar-refractivity contribution in [2.45, 2.75) is 38.2 Å². The van der Waals surface area contributed by atoms with E-state index in [0.717, 1.165) is 0 Å². The fourth-order valence-corrected chi connectivity index (χ4v) is 3.10. The zero-order valence-electron chi connectivity index (χ0n) is 12.9. The topological polar surface area (TPSA) is 58.6 Å². The molecule has 6 heteroatoms. The van der Waals surface area contributed by atoms with Gasteiger partial charge in [-0.05, 0) is 38.8 Å². The third kappa shape index (κ3) is 2.23. The minimum Gasteiger partial charge on any atom is -0.444 e. The number of benzene rings is 1. The van der Waals surface area contributed by atoms with Crippen molar-refractivity contribution in [1.82, 2.24) is 4.90 Å². The first-order chi connectivity index (χ1) is 10.2. The second-order valence-electron chi connectivity index (χ2n) is 6.85. The molecule has 0 radical (unpaired) electrons. The highest BCUT2D eigenvalue weighted by Crippen LogP contribution is 2.45. The number of carbonyl (C=O) groups excluding carboxylic acids is 2. The van der Waals surface area contributed by atoms with Gasteiger partial charge in [-0.25, -0.2) is 9.18 Å². The van der Waals surface area contributed by atoms with Crippen molar-refractivity contribution >= 4 is 17.7 Å². The number of para-hydroxylation sites is 1. The monoisotopic (exact) mass is 306 g/mol. The minimum absolute atomic E-state index is 0.212. The van der Waals surface area contributed by atoms with Gasteiger partial charge in [0.1, 0.15) is 11.4 Å². The van der Waals surface area contributed by atoms with E-state index in [4.69, 9.17) is 4.74 Å². The second kappa shape index (κ2) is 4.69. The van der Waals surface area contributed by atoms with Crippen LogP contribution in [0.1, 0.15) is 32.8 Å². The molecule has 1 saturated heterocycles. The van der Waals surface area contributed by atoms with Gasteiger partial charge < -0.3 is 15.0 Å². The quantitative estimate of drug-likeness (QED) is 0.801. The first-order valence-electron chi connectivity index (χ1n) is 7.31. The summed E-state index contributed by atoms with van der Waals surface area (Å²) in [5, 5.41) is 2.61. The molecule has 1 fully saturated rings. The molecule has 1 unspecified atom stereocenters. The Morgan fingerprint density at radius 1 is 1.41 bits per heavy atom. The smallest absolute Gasteiger partial charge is 0.410 e. The predicted molar refractivity (Wildman–Crippen MR) is 79.1 cm³/mol. The van der Waals surface area contributed by atoms with Crippen LogP contribution in [-0.2, 0) is 14.9 Å². The van der Waals surface area contributed by atoms with Gasteiger partial charge >= 0.3 is 6.09 Å². The van der Waals surface area contributed by atoms with Crippen molar-refractivity contribution in [3.8, 4) is 0 Å². The van der Waals surface area contributed by atoms with Gasteiger partial charge in [0.25, 0.3) is 0 Å². The first kappa shape index (κ1) is 14.8. The number of halogens is 1. The number of anilines is 1. The summed E-state index contributed by atoms with van der Waals surface area (Å²) >= 11 is 0. The van der Waals surface area contributed by atoms with Crippen molar-refractivity contribution in [3.05, 3.63) is 29.6 Å². The van der Waals surface area contributed by atoms with E-state index in [2.05, 4.69) is 5.32 Å². The Balaban J connectivity index is 1.87. The molecule has 1 aromatic rings. The molecule has 1 atom stereocenters. The summed E-state index contributed by atoms with van der Waals surface area (Å²) in [6.07, 6.45) is 0.0242. The van der Waals surface area contributed by atoms with E-state index in [0.29, 0.717) is 18.5 Å². The van der Waals surface area contributed by atoms with Crippen molar-refractivity contribution in [3.63, 3.8) is 0 Å². The van der Waals surface area contributed by atoms with Crippen LogP contribution >= 0.6 is 0 Å². The number of rotatable bonds is 0. The highest BCUT2D eigenvalue weighted by atomic mass is 19.1. The Bertz CT molecular complexity index is 653. The average molecular weight is 306 g/mol. The predicted octanol–water partition coefficient (Wildman–Crippen LogP) is 2.66. The normalized spacial score (nSPS) is 23.6. The van der Waals surface area contributed by atoms with Crippen LogP contribution in [0.2, 0.25) is 0 Å². The number of carbonyl (C=O) groups is 2. The summed E-state index contributed by atoms with van der Waals surface area (Å²) in [5.41, 5.74) is -0.592.